The van der Waals surface area contributed by atoms with Crippen molar-refractivity contribution in [2.24, 2.45) is 0 Å². The number of hydrogen-bond donors (Lipinski definition) is 2. The molecule has 8 nitrogen and oxygen atoms in total. The first kappa shape index (κ1) is 21.3. The van der Waals surface area contributed by atoms with Gasteiger partial charge in [-0.25, -0.2) is 13.1 Å². The molecular weight excluding hydrogens is 412 g/mol. The van der Waals surface area contributed by atoms with E-state index in [1.54, 1.807) is 0 Å². The van der Waals surface area contributed by atoms with E-state index in [1.165, 1.54) is 38.4 Å². The minimum Gasteiger partial charge on any atom is -0.344 e. The lowest BCUT2D eigenvalue weighted by Gasteiger charge is -2.14. The van der Waals surface area contributed by atoms with E-state index in [4.69, 9.17) is 0 Å². The SMILES string of the molecule is Cc1cc2ccccc2n1CCNS(=O)(=O)c1ccc(NS(=O)(=O)N(C)C)cc1. The van der Waals surface area contributed by atoms with Crippen LogP contribution >= 0.6 is 0 Å². The molecule has 2 N–H and O–H groups in total. The molecule has 1 heterocycles. The van der Waals surface area contributed by atoms with Crippen LogP contribution in [0, 0.1) is 6.92 Å². The predicted molar refractivity (Wildman–Crippen MR) is 115 cm³/mol. The summed E-state index contributed by atoms with van der Waals surface area (Å²) in [6.45, 7) is 2.72. The number of nitrogens with zero attached hydrogens (tertiary/aromatic N) is 2. The quantitative estimate of drug-likeness (QED) is 0.565. The Labute approximate surface area is 171 Å². The van der Waals surface area contributed by atoms with E-state index in [2.05, 4.69) is 20.1 Å². The van der Waals surface area contributed by atoms with Crippen LogP contribution in [0.25, 0.3) is 10.9 Å². The second-order valence-electron chi connectivity index (χ2n) is 6.81. The summed E-state index contributed by atoms with van der Waals surface area (Å²) in [5.74, 6) is 0. The Morgan fingerprint density at radius 2 is 1.62 bits per heavy atom. The number of fused-ring (bicyclic) bond motifs is 1. The standard InChI is InChI=1S/C19H24N4O4S2/c1-15-14-16-6-4-5-7-19(16)23(15)13-12-20-28(24,25)18-10-8-17(9-11-18)21-29(26,27)22(2)3/h4-11,14,20-21H,12-13H2,1-3H3. The molecule has 0 amide bonds. The van der Waals surface area contributed by atoms with Gasteiger partial charge in [-0.1, -0.05) is 18.2 Å². The van der Waals surface area contributed by atoms with Gasteiger partial charge in [-0.3, -0.25) is 4.72 Å². The molecule has 1 aromatic heterocycles. The molecular formula is C19H24N4O4S2. The molecule has 29 heavy (non-hydrogen) atoms. The third-order valence-electron chi connectivity index (χ3n) is 4.54. The van der Waals surface area contributed by atoms with Crippen LogP contribution in [-0.4, -0.2) is 46.3 Å². The van der Waals surface area contributed by atoms with Crippen LogP contribution in [0.5, 0.6) is 0 Å². The Morgan fingerprint density at radius 3 is 2.28 bits per heavy atom. The van der Waals surface area contributed by atoms with Crippen molar-refractivity contribution in [1.29, 1.82) is 0 Å². The zero-order valence-corrected chi connectivity index (χ0v) is 18.1. The number of sulfonamides is 1. The lowest BCUT2D eigenvalue weighted by atomic mass is 10.2. The number of anilines is 1. The molecule has 0 fully saturated rings. The zero-order valence-electron chi connectivity index (χ0n) is 16.5. The fourth-order valence-corrected chi connectivity index (χ4v) is 4.60. The van der Waals surface area contributed by atoms with Crippen LogP contribution in [0.3, 0.4) is 0 Å². The largest absolute Gasteiger partial charge is 0.344 e. The first-order valence-electron chi connectivity index (χ1n) is 8.95. The second kappa shape index (κ2) is 8.15. The van der Waals surface area contributed by atoms with Gasteiger partial charge >= 0.3 is 10.2 Å². The molecule has 0 aliphatic carbocycles. The van der Waals surface area contributed by atoms with Gasteiger partial charge < -0.3 is 4.57 Å². The van der Waals surface area contributed by atoms with E-state index in [0.29, 0.717) is 6.54 Å². The van der Waals surface area contributed by atoms with Gasteiger partial charge in [0.15, 0.2) is 0 Å². The van der Waals surface area contributed by atoms with Crippen molar-refractivity contribution >= 4 is 36.8 Å². The highest BCUT2D eigenvalue weighted by atomic mass is 32.2. The van der Waals surface area contributed by atoms with E-state index >= 15 is 0 Å². The van der Waals surface area contributed by atoms with Gasteiger partial charge in [-0.05, 0) is 48.7 Å². The maximum atomic E-state index is 12.5. The highest BCUT2D eigenvalue weighted by Crippen LogP contribution is 2.19. The smallest absolute Gasteiger partial charge is 0.301 e. The summed E-state index contributed by atoms with van der Waals surface area (Å²) in [6, 6.07) is 15.6. The van der Waals surface area contributed by atoms with Gasteiger partial charge in [-0.2, -0.15) is 12.7 Å². The maximum absolute atomic E-state index is 12.5. The van der Waals surface area contributed by atoms with Crippen LogP contribution in [0.15, 0.2) is 59.5 Å². The molecule has 3 rings (SSSR count). The fraction of sp³-hybridized carbons (Fsp3) is 0.263. The number of nitrogens with one attached hydrogen (secondary N) is 2. The van der Waals surface area contributed by atoms with Crippen LogP contribution < -0.4 is 9.44 Å². The van der Waals surface area contributed by atoms with Gasteiger partial charge in [0.25, 0.3) is 0 Å². The van der Waals surface area contributed by atoms with Crippen molar-refractivity contribution in [1.82, 2.24) is 13.6 Å². The third-order valence-corrected chi connectivity index (χ3v) is 7.47. The van der Waals surface area contributed by atoms with Gasteiger partial charge in [-0.15, -0.1) is 0 Å². The first-order chi connectivity index (χ1) is 13.6. The van der Waals surface area contributed by atoms with Crippen molar-refractivity contribution < 1.29 is 16.8 Å². The predicted octanol–water partition coefficient (Wildman–Crippen LogP) is 2.15. The minimum atomic E-state index is -3.71. The molecule has 0 aliphatic heterocycles. The summed E-state index contributed by atoms with van der Waals surface area (Å²) in [5, 5.41) is 1.11. The monoisotopic (exact) mass is 436 g/mol. The molecule has 0 aliphatic rings. The lowest BCUT2D eigenvalue weighted by Crippen LogP contribution is -2.29. The number of para-hydroxylation sites is 1. The molecule has 3 aromatic rings. The molecule has 156 valence electrons. The van der Waals surface area contributed by atoms with E-state index in [9.17, 15) is 16.8 Å². The van der Waals surface area contributed by atoms with Crippen molar-refractivity contribution in [3.05, 3.63) is 60.3 Å². The molecule has 0 saturated carbocycles. The Bertz CT molecular complexity index is 1210. The lowest BCUT2D eigenvalue weighted by molar-refractivity contribution is 0.527. The maximum Gasteiger partial charge on any atom is 0.301 e. The molecule has 0 bridgehead atoms. The highest BCUT2D eigenvalue weighted by molar-refractivity contribution is 7.90. The number of rotatable bonds is 8. The molecule has 0 saturated heterocycles. The Morgan fingerprint density at radius 1 is 0.966 bits per heavy atom. The molecule has 0 radical (unpaired) electrons. The number of aryl methyl sites for hydroxylation is 1. The summed E-state index contributed by atoms with van der Waals surface area (Å²) in [4.78, 5) is 0.0689. The average molecular weight is 437 g/mol. The number of benzene rings is 2. The van der Waals surface area contributed by atoms with Gasteiger partial charge in [0, 0.05) is 44.1 Å². The van der Waals surface area contributed by atoms with Gasteiger partial charge in [0.1, 0.15) is 0 Å². The Balaban J connectivity index is 1.67. The second-order valence-corrected chi connectivity index (χ2v) is 10.5. The van der Waals surface area contributed by atoms with Crippen LogP contribution in [0.1, 0.15) is 5.69 Å². The Hall–Kier alpha value is -2.40. The molecule has 0 unspecified atom stereocenters. The third kappa shape index (κ3) is 4.78. The number of aromatic nitrogens is 1. The van der Waals surface area contributed by atoms with E-state index in [1.807, 2.05) is 31.2 Å². The van der Waals surface area contributed by atoms with E-state index < -0.39 is 20.2 Å². The first-order valence-corrected chi connectivity index (χ1v) is 11.9. The summed E-state index contributed by atoms with van der Waals surface area (Å²) < 4.78 is 56.8. The minimum absolute atomic E-state index is 0.0689. The van der Waals surface area contributed by atoms with Crippen molar-refractivity contribution in [3.63, 3.8) is 0 Å². The van der Waals surface area contributed by atoms with E-state index in [-0.39, 0.29) is 17.1 Å². The topological polar surface area (TPSA) is 101 Å². The highest BCUT2D eigenvalue weighted by Gasteiger charge is 2.16. The average Bonchev–Trinajstić information content (AvgIpc) is 2.97. The van der Waals surface area contributed by atoms with Crippen molar-refractivity contribution in [3.8, 4) is 0 Å². The summed E-state index contributed by atoms with van der Waals surface area (Å²) >= 11 is 0. The zero-order chi connectivity index (χ0) is 21.2. The van der Waals surface area contributed by atoms with Crippen LogP contribution in [0.2, 0.25) is 0 Å². The molecule has 0 atom stereocenters. The summed E-state index contributed by atoms with van der Waals surface area (Å²) in [7, 11) is -4.55. The molecule has 10 heteroatoms. The van der Waals surface area contributed by atoms with E-state index in [0.717, 1.165) is 20.9 Å². The fourth-order valence-electron chi connectivity index (χ4n) is 2.96. The van der Waals surface area contributed by atoms with Crippen LogP contribution in [0.4, 0.5) is 5.69 Å². The van der Waals surface area contributed by atoms with Gasteiger partial charge in [0.2, 0.25) is 10.0 Å². The molecule has 0 spiro atoms. The van der Waals surface area contributed by atoms with Crippen molar-refractivity contribution in [2.45, 2.75) is 18.4 Å². The summed E-state index contributed by atoms with van der Waals surface area (Å²) in [5.41, 5.74) is 2.40. The Kier molecular flexibility index (Phi) is 5.99. The van der Waals surface area contributed by atoms with Gasteiger partial charge in [0.05, 0.1) is 4.90 Å². The molecule has 2 aromatic carbocycles. The summed E-state index contributed by atoms with van der Waals surface area (Å²) in [6.07, 6.45) is 0. The normalized spacial score (nSPS) is 12.6. The van der Waals surface area contributed by atoms with Crippen LogP contribution in [-0.2, 0) is 26.8 Å². The number of hydrogen-bond acceptors (Lipinski definition) is 4. The van der Waals surface area contributed by atoms with Crippen molar-refractivity contribution in [2.75, 3.05) is 25.4 Å².